The molecule has 2 aliphatic rings. The van der Waals surface area contributed by atoms with E-state index < -0.39 is 11.9 Å². The molecule has 0 unspecified atom stereocenters. The summed E-state index contributed by atoms with van der Waals surface area (Å²) in [6, 6.07) is 12.8. The molecule has 32 heavy (non-hydrogen) atoms. The van der Waals surface area contributed by atoms with Gasteiger partial charge in [0, 0.05) is 22.1 Å². The molecule has 1 N–H and O–H groups in total. The molecule has 3 aromatic carbocycles. The molecular weight excluding hydrogens is 436 g/mol. The first kappa shape index (κ1) is 20.2. The number of phenolic OH excluding ortho intramolecular Hbond substituents is 1. The van der Waals surface area contributed by atoms with E-state index in [2.05, 4.69) is 0 Å². The Morgan fingerprint density at radius 2 is 1.88 bits per heavy atom. The molecule has 3 aromatic rings. The quantitative estimate of drug-likeness (QED) is 0.355. The highest BCUT2D eigenvalue weighted by Crippen LogP contribution is 2.49. The van der Waals surface area contributed by atoms with E-state index >= 15 is 0 Å². The van der Waals surface area contributed by atoms with Gasteiger partial charge >= 0.3 is 5.97 Å². The highest BCUT2D eigenvalue weighted by atomic mass is 35.5. The first-order valence-electron chi connectivity index (χ1n) is 9.80. The summed E-state index contributed by atoms with van der Waals surface area (Å²) in [4.78, 5) is 25.4. The van der Waals surface area contributed by atoms with Gasteiger partial charge in [-0.1, -0.05) is 11.6 Å². The van der Waals surface area contributed by atoms with E-state index in [0.29, 0.717) is 39.0 Å². The van der Waals surface area contributed by atoms with Gasteiger partial charge in [-0.3, -0.25) is 9.59 Å². The Morgan fingerprint density at radius 1 is 1.09 bits per heavy atom. The molecule has 0 spiro atoms. The van der Waals surface area contributed by atoms with E-state index in [0.717, 1.165) is 0 Å². The molecule has 0 radical (unpaired) electrons. The van der Waals surface area contributed by atoms with E-state index in [4.69, 9.17) is 30.5 Å². The molecule has 162 valence electrons. The van der Waals surface area contributed by atoms with Crippen LogP contribution >= 0.6 is 11.6 Å². The Kier molecular flexibility index (Phi) is 4.90. The monoisotopic (exact) mass is 452 g/mol. The van der Waals surface area contributed by atoms with Crippen molar-refractivity contribution in [2.24, 2.45) is 0 Å². The largest absolute Gasteiger partial charge is 0.507 e. The molecule has 2 aliphatic heterocycles. The van der Waals surface area contributed by atoms with Crippen molar-refractivity contribution in [2.45, 2.75) is 12.3 Å². The van der Waals surface area contributed by atoms with Crippen molar-refractivity contribution in [1.82, 2.24) is 0 Å². The first-order chi connectivity index (χ1) is 15.5. The normalized spacial score (nSPS) is 16.3. The van der Waals surface area contributed by atoms with Gasteiger partial charge in [-0.15, -0.1) is 0 Å². The summed E-state index contributed by atoms with van der Waals surface area (Å²) in [6.45, 7) is 0.0590. The third kappa shape index (κ3) is 3.31. The number of phenols is 1. The second-order valence-electron chi connectivity index (χ2n) is 7.40. The lowest BCUT2D eigenvalue weighted by molar-refractivity contribution is -0.135. The summed E-state index contributed by atoms with van der Waals surface area (Å²) >= 11 is 5.92. The Balaban J connectivity index is 1.63. The number of hydrogen-bond acceptors (Lipinski definition) is 7. The number of ketones is 1. The first-order valence-corrected chi connectivity index (χ1v) is 10.2. The number of ether oxygens (including phenoxy) is 4. The van der Waals surface area contributed by atoms with Crippen LogP contribution in [0.3, 0.4) is 0 Å². The molecule has 0 bridgehead atoms. The van der Waals surface area contributed by atoms with Crippen molar-refractivity contribution in [3.8, 4) is 28.7 Å². The van der Waals surface area contributed by atoms with Gasteiger partial charge in [-0.25, -0.2) is 0 Å². The maximum atomic E-state index is 13.1. The fraction of sp³-hybridized carbons (Fsp3) is 0.167. The van der Waals surface area contributed by atoms with E-state index in [-0.39, 0.29) is 36.1 Å². The Morgan fingerprint density at radius 3 is 2.62 bits per heavy atom. The molecule has 8 heteroatoms. The molecule has 5 rings (SSSR count). The van der Waals surface area contributed by atoms with Crippen LogP contribution in [0.2, 0.25) is 5.02 Å². The minimum atomic E-state index is -0.576. The molecule has 0 saturated carbocycles. The number of hydrogen-bond donors (Lipinski definition) is 1. The number of esters is 1. The Labute approximate surface area is 188 Å². The van der Waals surface area contributed by atoms with E-state index in [1.807, 2.05) is 0 Å². The SMILES string of the molecule is COc1cc([C@@H]2CC(=O)Oc3ccc(C(=O)c4ccc(Cl)cc4)c(O)c32)cc2c1OCO2. The lowest BCUT2D eigenvalue weighted by Crippen LogP contribution is -2.22. The number of halogens is 1. The van der Waals surface area contributed by atoms with Gasteiger partial charge in [-0.05, 0) is 54.1 Å². The standard InChI is InChI=1S/C24H17ClO7/c1-29-18-8-13(9-19-24(18)31-11-30-19)16-10-20(26)32-17-7-6-15(23(28)21(16)17)22(27)12-2-4-14(25)5-3-12/h2-9,16,28H,10-11H2,1H3/t16-/m0/s1. The summed E-state index contributed by atoms with van der Waals surface area (Å²) in [5.41, 5.74) is 1.49. The maximum Gasteiger partial charge on any atom is 0.312 e. The van der Waals surface area contributed by atoms with Crippen LogP contribution in [0.1, 0.15) is 39.4 Å². The number of carbonyl (C=O) groups is 2. The lowest BCUT2D eigenvalue weighted by Gasteiger charge is -2.27. The van der Waals surface area contributed by atoms with Crippen LogP contribution in [0, 0.1) is 0 Å². The fourth-order valence-corrected chi connectivity index (χ4v) is 4.15. The molecule has 2 heterocycles. The predicted molar refractivity (Wildman–Crippen MR) is 114 cm³/mol. The molecule has 0 fully saturated rings. The topological polar surface area (TPSA) is 91.3 Å². The van der Waals surface area contributed by atoms with Crippen molar-refractivity contribution < 1.29 is 33.6 Å². The van der Waals surface area contributed by atoms with Crippen molar-refractivity contribution in [2.75, 3.05) is 13.9 Å². The van der Waals surface area contributed by atoms with Crippen molar-refractivity contribution in [1.29, 1.82) is 0 Å². The minimum absolute atomic E-state index is 0.0258. The van der Waals surface area contributed by atoms with Gasteiger partial charge in [0.1, 0.15) is 11.5 Å². The number of fused-ring (bicyclic) bond motifs is 2. The highest BCUT2D eigenvalue weighted by molar-refractivity contribution is 6.30. The van der Waals surface area contributed by atoms with Crippen LogP contribution < -0.4 is 18.9 Å². The van der Waals surface area contributed by atoms with E-state index in [1.54, 1.807) is 36.4 Å². The summed E-state index contributed by atoms with van der Waals surface area (Å²) in [6.07, 6.45) is -0.0258. The molecule has 0 aliphatic carbocycles. The van der Waals surface area contributed by atoms with Gasteiger partial charge in [0.25, 0.3) is 0 Å². The number of rotatable bonds is 4. The number of benzene rings is 3. The van der Waals surface area contributed by atoms with Gasteiger partial charge in [0.2, 0.25) is 12.5 Å². The van der Waals surface area contributed by atoms with Gasteiger partial charge in [-0.2, -0.15) is 0 Å². The lowest BCUT2D eigenvalue weighted by atomic mass is 9.83. The molecule has 0 saturated heterocycles. The van der Waals surface area contributed by atoms with Gasteiger partial charge in [0.05, 0.1) is 19.1 Å². The number of aromatic hydroxyl groups is 1. The van der Waals surface area contributed by atoms with Crippen LogP contribution in [0.5, 0.6) is 28.7 Å². The van der Waals surface area contributed by atoms with Crippen LogP contribution in [0.15, 0.2) is 48.5 Å². The average molecular weight is 453 g/mol. The molecular formula is C24H17ClO7. The zero-order chi connectivity index (χ0) is 22.4. The summed E-state index contributed by atoms with van der Waals surface area (Å²) < 4.78 is 21.7. The van der Waals surface area contributed by atoms with Crippen LogP contribution in [0.25, 0.3) is 0 Å². The number of methoxy groups -OCH3 is 1. The van der Waals surface area contributed by atoms with Crippen LogP contribution in [-0.2, 0) is 4.79 Å². The smallest absolute Gasteiger partial charge is 0.312 e. The minimum Gasteiger partial charge on any atom is -0.507 e. The zero-order valence-corrected chi connectivity index (χ0v) is 17.6. The van der Waals surface area contributed by atoms with E-state index in [1.165, 1.54) is 19.2 Å². The third-order valence-electron chi connectivity index (χ3n) is 5.55. The Hall–Kier alpha value is -3.71. The van der Waals surface area contributed by atoms with Gasteiger partial charge < -0.3 is 24.1 Å². The van der Waals surface area contributed by atoms with E-state index in [9.17, 15) is 14.7 Å². The summed E-state index contributed by atoms with van der Waals surface area (Å²) in [5.74, 6) is -0.0321. The van der Waals surface area contributed by atoms with Crippen molar-refractivity contribution in [3.05, 3.63) is 75.8 Å². The van der Waals surface area contributed by atoms with Crippen molar-refractivity contribution >= 4 is 23.4 Å². The van der Waals surface area contributed by atoms with Gasteiger partial charge in [0.15, 0.2) is 17.3 Å². The summed E-state index contributed by atoms with van der Waals surface area (Å²) in [5, 5.41) is 11.6. The van der Waals surface area contributed by atoms with Crippen LogP contribution in [0.4, 0.5) is 0 Å². The average Bonchev–Trinajstić information content (AvgIpc) is 3.27. The molecule has 0 aromatic heterocycles. The van der Waals surface area contributed by atoms with Crippen LogP contribution in [-0.4, -0.2) is 30.8 Å². The molecule has 1 atom stereocenters. The summed E-state index contributed by atoms with van der Waals surface area (Å²) in [7, 11) is 1.50. The zero-order valence-electron chi connectivity index (χ0n) is 16.9. The number of carbonyl (C=O) groups excluding carboxylic acids is 2. The Bertz CT molecular complexity index is 1250. The molecule has 7 nitrogen and oxygen atoms in total. The third-order valence-corrected chi connectivity index (χ3v) is 5.81. The molecule has 0 amide bonds. The predicted octanol–water partition coefficient (Wildman–Crippen LogP) is 4.45. The second kappa shape index (κ2) is 7.76. The fourth-order valence-electron chi connectivity index (χ4n) is 4.02. The van der Waals surface area contributed by atoms with Crippen molar-refractivity contribution in [3.63, 3.8) is 0 Å². The second-order valence-corrected chi connectivity index (χ2v) is 7.83. The maximum absolute atomic E-state index is 13.1. The highest BCUT2D eigenvalue weighted by Gasteiger charge is 2.35.